The summed E-state index contributed by atoms with van der Waals surface area (Å²) < 4.78 is 4.49. The Labute approximate surface area is 92.6 Å². The highest BCUT2D eigenvalue weighted by Crippen LogP contribution is 2.09. The molecule has 0 N–H and O–H groups in total. The van der Waals surface area contributed by atoms with Crippen molar-refractivity contribution >= 4 is 23.1 Å². The van der Waals surface area contributed by atoms with Gasteiger partial charge in [0, 0.05) is 6.08 Å². The van der Waals surface area contributed by atoms with Gasteiger partial charge < -0.3 is 4.74 Å². The van der Waals surface area contributed by atoms with Crippen LogP contribution in [0.15, 0.2) is 36.5 Å². The largest absolute Gasteiger partial charge is 0.466 e. The maximum Gasteiger partial charge on any atom is 0.330 e. The van der Waals surface area contributed by atoms with Crippen LogP contribution in [0.25, 0.3) is 17.1 Å². The van der Waals surface area contributed by atoms with Gasteiger partial charge in [-0.3, -0.25) is 4.98 Å². The van der Waals surface area contributed by atoms with Gasteiger partial charge in [0.25, 0.3) is 0 Å². The third kappa shape index (κ3) is 2.23. The quantitative estimate of drug-likeness (QED) is 0.565. The van der Waals surface area contributed by atoms with Crippen molar-refractivity contribution in [1.29, 1.82) is 0 Å². The van der Waals surface area contributed by atoms with Gasteiger partial charge in [-0.25, -0.2) is 9.78 Å². The Hall–Kier alpha value is -2.23. The molecule has 0 aliphatic carbocycles. The van der Waals surface area contributed by atoms with E-state index in [9.17, 15) is 4.79 Å². The Kier molecular flexibility index (Phi) is 2.91. The van der Waals surface area contributed by atoms with Crippen molar-refractivity contribution in [3.05, 3.63) is 42.2 Å². The summed E-state index contributed by atoms with van der Waals surface area (Å²) in [6, 6.07) is 7.56. The monoisotopic (exact) mass is 214 g/mol. The zero-order chi connectivity index (χ0) is 11.4. The normalized spacial score (nSPS) is 10.8. The lowest BCUT2D eigenvalue weighted by atomic mass is 10.3. The van der Waals surface area contributed by atoms with Crippen molar-refractivity contribution < 1.29 is 9.53 Å². The summed E-state index contributed by atoms with van der Waals surface area (Å²) in [5.41, 5.74) is 2.26. The second-order valence-corrected chi connectivity index (χ2v) is 3.14. The minimum absolute atomic E-state index is 0.407. The number of esters is 1. The summed E-state index contributed by atoms with van der Waals surface area (Å²) in [7, 11) is 1.33. The van der Waals surface area contributed by atoms with E-state index >= 15 is 0 Å². The Morgan fingerprint density at radius 3 is 2.81 bits per heavy atom. The summed E-state index contributed by atoms with van der Waals surface area (Å²) in [4.78, 5) is 19.4. The third-order valence-electron chi connectivity index (χ3n) is 2.06. The van der Waals surface area contributed by atoms with Crippen LogP contribution in [0.3, 0.4) is 0 Å². The van der Waals surface area contributed by atoms with Crippen molar-refractivity contribution in [2.24, 2.45) is 0 Å². The predicted molar refractivity (Wildman–Crippen MR) is 60.6 cm³/mol. The molecule has 0 fully saturated rings. The molecule has 0 amide bonds. The number of para-hydroxylation sites is 2. The number of aromatic nitrogens is 2. The fourth-order valence-electron chi connectivity index (χ4n) is 1.27. The molecular weight excluding hydrogens is 204 g/mol. The van der Waals surface area contributed by atoms with Crippen LogP contribution < -0.4 is 0 Å². The highest BCUT2D eigenvalue weighted by molar-refractivity contribution is 5.87. The highest BCUT2D eigenvalue weighted by atomic mass is 16.5. The molecule has 4 heteroatoms. The van der Waals surface area contributed by atoms with Gasteiger partial charge in [-0.15, -0.1) is 0 Å². The van der Waals surface area contributed by atoms with Crippen molar-refractivity contribution in [2.45, 2.75) is 0 Å². The van der Waals surface area contributed by atoms with E-state index in [4.69, 9.17) is 0 Å². The third-order valence-corrected chi connectivity index (χ3v) is 2.06. The van der Waals surface area contributed by atoms with E-state index in [2.05, 4.69) is 14.7 Å². The maximum atomic E-state index is 10.9. The van der Waals surface area contributed by atoms with E-state index in [-0.39, 0.29) is 0 Å². The number of nitrogens with zero attached hydrogens (tertiary/aromatic N) is 2. The summed E-state index contributed by atoms with van der Waals surface area (Å²) in [6.07, 6.45) is 4.51. The minimum atomic E-state index is -0.407. The van der Waals surface area contributed by atoms with E-state index < -0.39 is 5.97 Å². The second kappa shape index (κ2) is 4.53. The topological polar surface area (TPSA) is 52.1 Å². The number of carbonyl (C=O) groups is 1. The van der Waals surface area contributed by atoms with Crippen LogP contribution >= 0.6 is 0 Å². The average Bonchev–Trinajstić information content (AvgIpc) is 2.35. The number of fused-ring (bicyclic) bond motifs is 1. The van der Waals surface area contributed by atoms with Gasteiger partial charge in [-0.2, -0.15) is 0 Å². The Bertz CT molecular complexity index is 549. The smallest absolute Gasteiger partial charge is 0.330 e. The first kappa shape index (κ1) is 10.3. The number of ether oxygens (including phenoxy) is 1. The first-order valence-electron chi connectivity index (χ1n) is 4.77. The van der Waals surface area contributed by atoms with Crippen molar-refractivity contribution in [3.8, 4) is 0 Å². The van der Waals surface area contributed by atoms with Crippen molar-refractivity contribution in [1.82, 2.24) is 9.97 Å². The van der Waals surface area contributed by atoms with E-state index in [0.29, 0.717) is 5.69 Å². The second-order valence-electron chi connectivity index (χ2n) is 3.14. The lowest BCUT2D eigenvalue weighted by molar-refractivity contribution is -0.134. The molecule has 80 valence electrons. The molecule has 0 saturated heterocycles. The fraction of sp³-hybridized carbons (Fsp3) is 0.0833. The van der Waals surface area contributed by atoms with Gasteiger partial charge in [0.2, 0.25) is 0 Å². The number of hydrogen-bond donors (Lipinski definition) is 0. The molecular formula is C12H10N2O2. The summed E-state index contributed by atoms with van der Waals surface area (Å²) >= 11 is 0. The first-order valence-corrected chi connectivity index (χ1v) is 4.77. The Morgan fingerprint density at radius 2 is 2.06 bits per heavy atom. The van der Waals surface area contributed by atoms with Crippen LogP contribution in [0.2, 0.25) is 0 Å². The standard InChI is InChI=1S/C12H10N2O2/c1-16-12(15)7-6-9-8-13-10-4-2-3-5-11(10)14-9/h2-8H,1H3/b7-6+. The maximum absolute atomic E-state index is 10.9. The first-order chi connectivity index (χ1) is 7.79. The van der Waals surface area contributed by atoms with Crippen LogP contribution in [0.1, 0.15) is 5.69 Å². The summed E-state index contributed by atoms with van der Waals surface area (Å²) in [5.74, 6) is -0.407. The average molecular weight is 214 g/mol. The zero-order valence-corrected chi connectivity index (χ0v) is 8.75. The molecule has 0 radical (unpaired) electrons. The van der Waals surface area contributed by atoms with Gasteiger partial charge in [0.05, 0.1) is 30.0 Å². The van der Waals surface area contributed by atoms with Crippen LogP contribution in [0.4, 0.5) is 0 Å². The van der Waals surface area contributed by atoms with Gasteiger partial charge in [0.15, 0.2) is 0 Å². The van der Waals surface area contributed by atoms with Gasteiger partial charge in [-0.1, -0.05) is 12.1 Å². The molecule has 0 spiro atoms. The minimum Gasteiger partial charge on any atom is -0.466 e. The van der Waals surface area contributed by atoms with E-state index in [1.807, 2.05) is 24.3 Å². The molecule has 0 atom stereocenters. The van der Waals surface area contributed by atoms with Crippen molar-refractivity contribution in [2.75, 3.05) is 7.11 Å². The molecule has 1 heterocycles. The summed E-state index contributed by atoms with van der Waals surface area (Å²) in [5, 5.41) is 0. The molecule has 2 rings (SSSR count). The Balaban J connectivity index is 2.33. The number of methoxy groups -OCH3 is 1. The van der Waals surface area contributed by atoms with E-state index in [0.717, 1.165) is 11.0 Å². The SMILES string of the molecule is COC(=O)/C=C/c1cnc2ccccc2n1. The molecule has 0 saturated carbocycles. The van der Waals surface area contributed by atoms with E-state index in [1.165, 1.54) is 13.2 Å². The van der Waals surface area contributed by atoms with Gasteiger partial charge in [-0.05, 0) is 18.2 Å². The molecule has 4 nitrogen and oxygen atoms in total. The number of carbonyl (C=O) groups excluding carboxylic acids is 1. The summed E-state index contributed by atoms with van der Waals surface area (Å²) in [6.45, 7) is 0. The van der Waals surface area contributed by atoms with Crippen LogP contribution in [0, 0.1) is 0 Å². The number of hydrogen-bond acceptors (Lipinski definition) is 4. The lowest BCUT2D eigenvalue weighted by Gasteiger charge is -1.97. The number of rotatable bonds is 2. The molecule has 0 bridgehead atoms. The molecule has 1 aromatic carbocycles. The molecule has 0 aliphatic rings. The molecule has 0 aliphatic heterocycles. The Morgan fingerprint density at radius 1 is 1.31 bits per heavy atom. The molecule has 2 aromatic rings. The van der Waals surface area contributed by atoms with Gasteiger partial charge in [0.1, 0.15) is 0 Å². The fourth-order valence-corrected chi connectivity index (χ4v) is 1.27. The molecule has 1 aromatic heterocycles. The van der Waals surface area contributed by atoms with Crippen molar-refractivity contribution in [3.63, 3.8) is 0 Å². The van der Waals surface area contributed by atoms with Crippen LogP contribution in [0.5, 0.6) is 0 Å². The zero-order valence-electron chi connectivity index (χ0n) is 8.75. The van der Waals surface area contributed by atoms with Gasteiger partial charge >= 0.3 is 5.97 Å². The number of benzene rings is 1. The predicted octanol–water partition coefficient (Wildman–Crippen LogP) is 1.82. The molecule has 0 unspecified atom stereocenters. The van der Waals surface area contributed by atoms with Crippen LogP contribution in [-0.4, -0.2) is 23.0 Å². The highest BCUT2D eigenvalue weighted by Gasteiger charge is 1.97. The molecule has 16 heavy (non-hydrogen) atoms. The van der Waals surface area contributed by atoms with Crippen LogP contribution in [-0.2, 0) is 9.53 Å². The van der Waals surface area contributed by atoms with E-state index in [1.54, 1.807) is 12.3 Å². The lowest BCUT2D eigenvalue weighted by Crippen LogP contribution is -1.94.